The Morgan fingerprint density at radius 3 is 2.54 bits per heavy atom. The molecule has 6 nitrogen and oxygen atoms in total. The van der Waals surface area contributed by atoms with Crippen LogP contribution in [0.1, 0.15) is 12.5 Å². The second-order valence-corrected chi connectivity index (χ2v) is 6.98. The van der Waals surface area contributed by atoms with Crippen molar-refractivity contribution in [1.82, 2.24) is 19.9 Å². The third kappa shape index (κ3) is 2.97. The molecule has 0 spiro atoms. The Hall–Kier alpha value is -3.38. The number of hydrogen-bond donors (Lipinski definition) is 2. The fraction of sp³-hybridized carbons (Fsp3) is 0.182. The summed E-state index contributed by atoms with van der Waals surface area (Å²) in [7, 11) is 0. The van der Waals surface area contributed by atoms with Gasteiger partial charge in [-0.15, -0.1) is 0 Å². The van der Waals surface area contributed by atoms with E-state index in [4.69, 9.17) is 10.5 Å². The van der Waals surface area contributed by atoms with Crippen LogP contribution in [0.15, 0.2) is 67.0 Å². The smallest absolute Gasteiger partial charge is 0.146 e. The van der Waals surface area contributed by atoms with E-state index in [-0.39, 0.29) is 0 Å². The first-order valence-electron chi connectivity index (χ1n) is 9.45. The molecule has 1 saturated heterocycles. The van der Waals surface area contributed by atoms with Crippen molar-refractivity contribution in [1.29, 1.82) is 0 Å². The summed E-state index contributed by atoms with van der Waals surface area (Å²) in [6, 6.07) is 20.4. The number of fused-ring (bicyclic) bond motifs is 1. The molecule has 6 heteroatoms. The molecular formula is C22H21N5O. The van der Waals surface area contributed by atoms with Crippen molar-refractivity contribution in [2.24, 2.45) is 0 Å². The monoisotopic (exact) mass is 371 g/mol. The second-order valence-electron chi connectivity index (χ2n) is 6.98. The molecule has 28 heavy (non-hydrogen) atoms. The lowest BCUT2D eigenvalue weighted by molar-refractivity contribution is 0.483. The van der Waals surface area contributed by atoms with Crippen LogP contribution < -0.4 is 15.8 Å². The van der Waals surface area contributed by atoms with Gasteiger partial charge in [-0.05, 0) is 61.0 Å². The zero-order valence-corrected chi connectivity index (χ0v) is 15.4. The first-order valence-corrected chi connectivity index (χ1v) is 9.45. The summed E-state index contributed by atoms with van der Waals surface area (Å²) in [5.74, 6) is 2.14. The van der Waals surface area contributed by atoms with Gasteiger partial charge in [0.1, 0.15) is 29.3 Å². The topological polar surface area (TPSA) is 78.0 Å². The van der Waals surface area contributed by atoms with Crippen LogP contribution in [0.3, 0.4) is 0 Å². The first-order chi connectivity index (χ1) is 13.8. The summed E-state index contributed by atoms with van der Waals surface area (Å²) < 4.78 is 8.21. The molecule has 2 aromatic heterocycles. The fourth-order valence-corrected chi connectivity index (χ4v) is 3.82. The molecule has 3 heterocycles. The summed E-state index contributed by atoms with van der Waals surface area (Å²) >= 11 is 0. The predicted octanol–water partition coefficient (Wildman–Crippen LogP) is 4.01. The molecular weight excluding hydrogens is 350 g/mol. The van der Waals surface area contributed by atoms with Gasteiger partial charge in [0.2, 0.25) is 0 Å². The van der Waals surface area contributed by atoms with E-state index in [1.54, 1.807) is 0 Å². The zero-order chi connectivity index (χ0) is 18.9. The molecule has 4 aromatic rings. The first kappa shape index (κ1) is 16.8. The minimum atomic E-state index is 0.349. The van der Waals surface area contributed by atoms with Crippen molar-refractivity contribution in [3.8, 4) is 22.8 Å². The van der Waals surface area contributed by atoms with E-state index in [1.165, 1.54) is 6.33 Å². The average molecular weight is 371 g/mol. The molecule has 1 atom stereocenters. The normalized spacial score (nSPS) is 16.5. The van der Waals surface area contributed by atoms with Crippen LogP contribution in [0, 0.1) is 0 Å². The van der Waals surface area contributed by atoms with Crippen LogP contribution in [0.2, 0.25) is 0 Å². The van der Waals surface area contributed by atoms with Gasteiger partial charge in [0.15, 0.2) is 0 Å². The number of aromatic nitrogens is 3. The molecule has 1 aliphatic heterocycles. The van der Waals surface area contributed by atoms with Crippen molar-refractivity contribution in [3.63, 3.8) is 0 Å². The minimum Gasteiger partial charge on any atom is -0.457 e. The zero-order valence-electron chi connectivity index (χ0n) is 15.4. The highest BCUT2D eigenvalue weighted by Gasteiger charge is 2.23. The summed E-state index contributed by atoms with van der Waals surface area (Å²) in [5, 5.41) is 4.34. The average Bonchev–Trinajstić information content (AvgIpc) is 3.37. The van der Waals surface area contributed by atoms with E-state index in [9.17, 15) is 0 Å². The molecule has 2 aromatic carbocycles. The van der Waals surface area contributed by atoms with Crippen LogP contribution in [-0.4, -0.2) is 27.6 Å². The van der Waals surface area contributed by atoms with E-state index in [1.807, 2.05) is 42.5 Å². The molecule has 0 radical (unpaired) electrons. The maximum Gasteiger partial charge on any atom is 0.146 e. The Morgan fingerprint density at radius 1 is 1.00 bits per heavy atom. The number of nitrogens with two attached hydrogens (primary N) is 1. The van der Waals surface area contributed by atoms with Gasteiger partial charge in [0.25, 0.3) is 0 Å². The van der Waals surface area contributed by atoms with Crippen LogP contribution in [-0.2, 0) is 0 Å². The Morgan fingerprint density at radius 2 is 1.79 bits per heavy atom. The Labute approximate surface area is 163 Å². The number of rotatable bonds is 4. The van der Waals surface area contributed by atoms with E-state index in [0.717, 1.165) is 53.3 Å². The Bertz CT molecular complexity index is 1100. The molecule has 140 valence electrons. The van der Waals surface area contributed by atoms with Gasteiger partial charge in [-0.2, -0.15) is 0 Å². The standard InChI is InChI=1S/C22H21N5O/c23-21-19-12-20(27(16-10-11-24-13-16)22(19)26-14-25-21)15-6-8-18(9-7-15)28-17-4-2-1-3-5-17/h1-9,12,14,16,24H,10-11,13H2,(H2,23,25,26)/t16-/m1/s1. The summed E-state index contributed by atoms with van der Waals surface area (Å²) in [5.41, 5.74) is 9.22. The lowest BCUT2D eigenvalue weighted by atomic mass is 10.1. The number of anilines is 1. The van der Waals surface area contributed by atoms with Crippen molar-refractivity contribution >= 4 is 16.9 Å². The molecule has 0 saturated carbocycles. The predicted molar refractivity (Wildman–Crippen MR) is 110 cm³/mol. The van der Waals surface area contributed by atoms with Crippen LogP contribution in [0.25, 0.3) is 22.3 Å². The summed E-state index contributed by atoms with van der Waals surface area (Å²) in [6.07, 6.45) is 2.60. The van der Waals surface area contributed by atoms with Gasteiger partial charge in [0.05, 0.1) is 11.1 Å². The fourth-order valence-electron chi connectivity index (χ4n) is 3.82. The highest BCUT2D eigenvalue weighted by atomic mass is 16.5. The van der Waals surface area contributed by atoms with E-state index in [2.05, 4.69) is 38.1 Å². The molecule has 1 fully saturated rings. The lowest BCUT2D eigenvalue weighted by Crippen LogP contribution is -2.14. The largest absolute Gasteiger partial charge is 0.457 e. The third-order valence-electron chi connectivity index (χ3n) is 5.19. The molecule has 0 bridgehead atoms. The highest BCUT2D eigenvalue weighted by Crippen LogP contribution is 2.35. The number of benzene rings is 2. The summed E-state index contributed by atoms with van der Waals surface area (Å²) in [6.45, 7) is 1.93. The quantitative estimate of drug-likeness (QED) is 0.567. The number of ether oxygens (including phenoxy) is 1. The Balaban J connectivity index is 1.55. The van der Waals surface area contributed by atoms with Crippen LogP contribution in [0.5, 0.6) is 11.5 Å². The molecule has 0 amide bonds. The SMILES string of the molecule is Nc1ncnc2c1cc(-c1ccc(Oc3ccccc3)cc1)n2[C@@H]1CCNC1. The number of nitrogens with one attached hydrogen (secondary N) is 1. The van der Waals surface area contributed by atoms with Gasteiger partial charge in [-0.3, -0.25) is 0 Å². The van der Waals surface area contributed by atoms with Crippen LogP contribution >= 0.6 is 0 Å². The molecule has 0 unspecified atom stereocenters. The molecule has 5 rings (SSSR count). The number of nitrogen functional groups attached to an aromatic ring is 1. The molecule has 3 N–H and O–H groups in total. The van der Waals surface area contributed by atoms with Gasteiger partial charge >= 0.3 is 0 Å². The van der Waals surface area contributed by atoms with Crippen molar-refractivity contribution in [2.45, 2.75) is 12.5 Å². The van der Waals surface area contributed by atoms with Gasteiger partial charge < -0.3 is 20.4 Å². The van der Waals surface area contributed by atoms with Crippen molar-refractivity contribution in [3.05, 3.63) is 67.0 Å². The van der Waals surface area contributed by atoms with Crippen LogP contribution in [0.4, 0.5) is 5.82 Å². The number of hydrogen-bond acceptors (Lipinski definition) is 5. The van der Waals surface area contributed by atoms with Gasteiger partial charge in [-0.1, -0.05) is 18.2 Å². The number of para-hydroxylation sites is 1. The van der Waals surface area contributed by atoms with E-state index < -0.39 is 0 Å². The maximum absolute atomic E-state index is 6.13. The van der Waals surface area contributed by atoms with E-state index >= 15 is 0 Å². The Kier molecular flexibility index (Phi) is 4.18. The molecule has 1 aliphatic rings. The van der Waals surface area contributed by atoms with Gasteiger partial charge in [0, 0.05) is 12.6 Å². The van der Waals surface area contributed by atoms with Gasteiger partial charge in [-0.25, -0.2) is 9.97 Å². The van der Waals surface area contributed by atoms with Crippen molar-refractivity contribution in [2.75, 3.05) is 18.8 Å². The second kappa shape index (κ2) is 6.98. The third-order valence-corrected chi connectivity index (χ3v) is 5.19. The van der Waals surface area contributed by atoms with E-state index in [0.29, 0.717) is 11.9 Å². The molecule has 0 aliphatic carbocycles. The minimum absolute atomic E-state index is 0.349. The summed E-state index contributed by atoms with van der Waals surface area (Å²) in [4.78, 5) is 8.69. The lowest BCUT2D eigenvalue weighted by Gasteiger charge is -2.17. The maximum atomic E-state index is 6.13. The van der Waals surface area contributed by atoms with Crippen molar-refractivity contribution < 1.29 is 4.74 Å². The number of nitrogens with zero attached hydrogens (tertiary/aromatic N) is 3. The highest BCUT2D eigenvalue weighted by molar-refractivity contribution is 5.91.